The first-order valence-electron chi connectivity index (χ1n) is 7.86. The van der Waals surface area contributed by atoms with E-state index in [4.69, 9.17) is 4.74 Å². The van der Waals surface area contributed by atoms with Crippen LogP contribution >= 0.6 is 0 Å². The van der Waals surface area contributed by atoms with Gasteiger partial charge in [-0.1, -0.05) is 39.0 Å². The number of nitrogens with zero attached hydrogens (tertiary/aromatic N) is 1. The van der Waals surface area contributed by atoms with Gasteiger partial charge in [0, 0.05) is 13.2 Å². The molecule has 3 N–H and O–H groups in total. The molecule has 122 valence electrons. The number of rotatable bonds is 13. The Bertz CT molecular complexity index is 204. The monoisotopic (exact) mass is 291 g/mol. The molecule has 0 aromatic carbocycles. The maximum atomic E-state index is 9.80. The summed E-state index contributed by atoms with van der Waals surface area (Å²) in [6.45, 7) is 6.44. The first-order chi connectivity index (χ1) is 9.49. The second-order valence-corrected chi connectivity index (χ2v) is 5.46. The van der Waals surface area contributed by atoms with Crippen LogP contribution in [0.4, 0.5) is 0 Å². The maximum Gasteiger partial charge on any atom is 0.106 e. The second-order valence-electron chi connectivity index (χ2n) is 5.46. The molecule has 0 bridgehead atoms. The average molecular weight is 291 g/mol. The molecule has 0 aromatic heterocycles. The van der Waals surface area contributed by atoms with Crippen molar-refractivity contribution in [1.82, 2.24) is 4.90 Å². The van der Waals surface area contributed by atoms with Gasteiger partial charge in [0.1, 0.15) is 12.5 Å². The summed E-state index contributed by atoms with van der Waals surface area (Å²) in [4.78, 5) is 1.42. The fourth-order valence-electron chi connectivity index (χ4n) is 2.12. The van der Waals surface area contributed by atoms with E-state index in [1.54, 1.807) is 13.8 Å². The smallest absolute Gasteiger partial charge is 0.106 e. The molecule has 0 aliphatic heterocycles. The minimum atomic E-state index is -0.789. The lowest BCUT2D eigenvalue weighted by Crippen LogP contribution is -2.45. The van der Waals surface area contributed by atoms with Crippen LogP contribution in [0.5, 0.6) is 0 Å². The third-order valence-corrected chi connectivity index (χ3v) is 3.33. The lowest BCUT2D eigenvalue weighted by molar-refractivity contribution is -0.108. The molecule has 3 atom stereocenters. The first-order valence-corrected chi connectivity index (χ1v) is 7.86. The number of hydrogen-bond donors (Lipinski definition) is 3. The number of unbranched alkanes of at least 4 members (excludes halogenated alkanes) is 5. The van der Waals surface area contributed by atoms with Gasteiger partial charge in [0.2, 0.25) is 0 Å². The van der Waals surface area contributed by atoms with Crippen molar-refractivity contribution in [1.29, 1.82) is 0 Å². The molecule has 0 heterocycles. The van der Waals surface area contributed by atoms with Crippen molar-refractivity contribution in [2.24, 2.45) is 0 Å². The Morgan fingerprint density at radius 3 is 2.00 bits per heavy atom. The van der Waals surface area contributed by atoms with Crippen LogP contribution in [0.15, 0.2) is 0 Å². The standard InChI is InChI=1S/C15H33NO4/c1-4-5-6-7-8-9-10-20-12-15(19)11-16(13(2)17)14(3)18/h13-15,17-19H,4-12H2,1-3H3. The van der Waals surface area contributed by atoms with Crippen LogP contribution < -0.4 is 0 Å². The third kappa shape index (κ3) is 10.6. The Balaban J connectivity index is 3.55. The zero-order valence-corrected chi connectivity index (χ0v) is 13.3. The molecule has 0 rings (SSSR count). The van der Waals surface area contributed by atoms with Gasteiger partial charge in [-0.2, -0.15) is 0 Å². The van der Waals surface area contributed by atoms with Gasteiger partial charge in [-0.05, 0) is 20.3 Å². The molecular formula is C15H33NO4. The molecule has 0 fully saturated rings. The normalized spacial score (nSPS) is 16.4. The van der Waals surface area contributed by atoms with Crippen LogP contribution in [0.2, 0.25) is 0 Å². The average Bonchev–Trinajstić information content (AvgIpc) is 2.38. The van der Waals surface area contributed by atoms with Crippen molar-refractivity contribution in [2.45, 2.75) is 77.9 Å². The Hall–Kier alpha value is -0.200. The predicted molar refractivity (Wildman–Crippen MR) is 80.3 cm³/mol. The fourth-order valence-corrected chi connectivity index (χ4v) is 2.12. The Morgan fingerprint density at radius 2 is 1.45 bits per heavy atom. The maximum absolute atomic E-state index is 9.80. The highest BCUT2D eigenvalue weighted by molar-refractivity contribution is 4.65. The van der Waals surface area contributed by atoms with E-state index >= 15 is 0 Å². The Kier molecular flexibility index (Phi) is 12.4. The van der Waals surface area contributed by atoms with Gasteiger partial charge in [-0.3, -0.25) is 4.90 Å². The largest absolute Gasteiger partial charge is 0.389 e. The molecule has 0 aliphatic carbocycles. The summed E-state index contributed by atoms with van der Waals surface area (Å²) >= 11 is 0. The van der Waals surface area contributed by atoms with E-state index in [2.05, 4.69) is 6.92 Å². The summed E-state index contributed by atoms with van der Waals surface area (Å²) in [5.74, 6) is 0. The molecule has 0 radical (unpaired) electrons. The number of hydrogen-bond acceptors (Lipinski definition) is 5. The summed E-state index contributed by atoms with van der Waals surface area (Å²) in [6.07, 6.45) is 5.01. The van der Waals surface area contributed by atoms with Crippen molar-refractivity contribution in [3.63, 3.8) is 0 Å². The van der Waals surface area contributed by atoms with Gasteiger partial charge in [0.05, 0.1) is 12.7 Å². The van der Waals surface area contributed by atoms with Crippen LogP contribution in [0.3, 0.4) is 0 Å². The fraction of sp³-hybridized carbons (Fsp3) is 1.00. The summed E-state index contributed by atoms with van der Waals surface area (Å²) in [5.41, 5.74) is 0. The zero-order valence-electron chi connectivity index (χ0n) is 13.3. The van der Waals surface area contributed by atoms with Crippen molar-refractivity contribution in [3.8, 4) is 0 Å². The van der Waals surface area contributed by atoms with E-state index in [1.807, 2.05) is 0 Å². The highest BCUT2D eigenvalue weighted by Gasteiger charge is 2.19. The highest BCUT2D eigenvalue weighted by atomic mass is 16.5. The molecule has 0 aliphatic rings. The van der Waals surface area contributed by atoms with Crippen LogP contribution in [0, 0.1) is 0 Å². The lowest BCUT2D eigenvalue weighted by Gasteiger charge is -2.29. The molecule has 0 aromatic rings. The van der Waals surface area contributed by atoms with E-state index in [0.717, 1.165) is 6.42 Å². The van der Waals surface area contributed by atoms with Gasteiger partial charge < -0.3 is 20.1 Å². The topological polar surface area (TPSA) is 73.2 Å². The minimum absolute atomic E-state index is 0.200. The lowest BCUT2D eigenvalue weighted by atomic mass is 10.1. The van der Waals surface area contributed by atoms with E-state index in [9.17, 15) is 15.3 Å². The van der Waals surface area contributed by atoms with Crippen LogP contribution in [-0.4, -0.2) is 58.5 Å². The molecule has 5 nitrogen and oxygen atoms in total. The summed E-state index contributed by atoms with van der Waals surface area (Å²) in [7, 11) is 0. The van der Waals surface area contributed by atoms with Crippen molar-refractivity contribution < 1.29 is 20.1 Å². The molecule has 3 unspecified atom stereocenters. The van der Waals surface area contributed by atoms with Gasteiger partial charge in [-0.15, -0.1) is 0 Å². The molecule has 5 heteroatoms. The highest BCUT2D eigenvalue weighted by Crippen LogP contribution is 2.06. The van der Waals surface area contributed by atoms with Crippen LogP contribution in [0.1, 0.15) is 59.3 Å². The molecule has 0 saturated heterocycles. The van der Waals surface area contributed by atoms with Gasteiger partial charge in [-0.25, -0.2) is 0 Å². The number of aliphatic hydroxyl groups is 3. The third-order valence-electron chi connectivity index (χ3n) is 3.33. The first kappa shape index (κ1) is 19.8. The molecular weight excluding hydrogens is 258 g/mol. The van der Waals surface area contributed by atoms with E-state index in [0.29, 0.717) is 6.61 Å². The predicted octanol–water partition coefficient (Wildman–Crippen LogP) is 1.70. The van der Waals surface area contributed by atoms with Crippen LogP contribution in [0.25, 0.3) is 0 Å². The van der Waals surface area contributed by atoms with Gasteiger partial charge >= 0.3 is 0 Å². The molecule has 0 spiro atoms. The van der Waals surface area contributed by atoms with Crippen molar-refractivity contribution in [3.05, 3.63) is 0 Å². The summed E-state index contributed by atoms with van der Waals surface area (Å²) in [6, 6.07) is 0. The molecule has 20 heavy (non-hydrogen) atoms. The van der Waals surface area contributed by atoms with Crippen molar-refractivity contribution in [2.75, 3.05) is 19.8 Å². The van der Waals surface area contributed by atoms with Crippen LogP contribution in [-0.2, 0) is 4.74 Å². The van der Waals surface area contributed by atoms with E-state index in [-0.39, 0.29) is 13.2 Å². The minimum Gasteiger partial charge on any atom is -0.389 e. The quantitative estimate of drug-likeness (QED) is 0.356. The van der Waals surface area contributed by atoms with E-state index < -0.39 is 18.6 Å². The molecule has 0 saturated carbocycles. The van der Waals surface area contributed by atoms with E-state index in [1.165, 1.54) is 37.0 Å². The van der Waals surface area contributed by atoms with Crippen molar-refractivity contribution >= 4 is 0 Å². The molecule has 0 amide bonds. The summed E-state index contributed by atoms with van der Waals surface area (Å²) in [5, 5.41) is 28.7. The Morgan fingerprint density at radius 1 is 0.900 bits per heavy atom. The van der Waals surface area contributed by atoms with Gasteiger partial charge in [0.25, 0.3) is 0 Å². The Labute approximate surface area is 123 Å². The number of aliphatic hydroxyl groups excluding tert-OH is 3. The summed E-state index contributed by atoms with van der Waals surface area (Å²) < 4.78 is 5.42. The number of ether oxygens (including phenoxy) is 1. The second kappa shape index (κ2) is 12.5. The SMILES string of the molecule is CCCCCCCCOCC(O)CN(C(C)O)C(C)O. The van der Waals surface area contributed by atoms with Gasteiger partial charge in [0.15, 0.2) is 0 Å². The zero-order chi connectivity index (χ0) is 15.4.